The average molecular weight is 296 g/mol. The normalized spacial score (nSPS) is 28.4. The van der Waals surface area contributed by atoms with Crippen molar-refractivity contribution < 1.29 is 14.7 Å². The number of aliphatic carboxylic acids is 1. The number of fused-ring (bicyclic) bond motifs is 1. The van der Waals surface area contributed by atoms with Crippen LogP contribution in [0.2, 0.25) is 0 Å². The van der Waals surface area contributed by atoms with E-state index < -0.39 is 12.0 Å². The molecule has 1 saturated carbocycles. The standard InChI is InChI=1S/C16H28N2O3/c1-3-11(2)14(15(19)20)17-16(21)18-9-8-12-6-4-5-7-13(12)10-18/h11-14H,3-10H2,1-2H3,(H,17,21)(H,19,20)/t11?,12?,13?,14-/m0/s1. The molecule has 120 valence electrons. The molecule has 21 heavy (non-hydrogen) atoms. The number of hydrogen-bond donors (Lipinski definition) is 2. The molecule has 5 nitrogen and oxygen atoms in total. The number of nitrogens with zero attached hydrogens (tertiary/aromatic N) is 1. The summed E-state index contributed by atoms with van der Waals surface area (Å²) in [5, 5.41) is 12.0. The fraction of sp³-hybridized carbons (Fsp3) is 0.875. The van der Waals surface area contributed by atoms with Crippen LogP contribution in [0.3, 0.4) is 0 Å². The maximum absolute atomic E-state index is 12.4. The van der Waals surface area contributed by atoms with E-state index in [0.29, 0.717) is 5.92 Å². The highest BCUT2D eigenvalue weighted by Gasteiger charge is 2.34. The van der Waals surface area contributed by atoms with Crippen molar-refractivity contribution in [2.75, 3.05) is 13.1 Å². The number of amides is 2. The van der Waals surface area contributed by atoms with Crippen molar-refractivity contribution >= 4 is 12.0 Å². The number of carboxylic acid groups (broad SMARTS) is 1. The lowest BCUT2D eigenvalue weighted by atomic mass is 9.75. The van der Waals surface area contributed by atoms with Crippen LogP contribution < -0.4 is 5.32 Å². The first kappa shape index (κ1) is 16.1. The summed E-state index contributed by atoms with van der Waals surface area (Å²) >= 11 is 0. The van der Waals surface area contributed by atoms with Crippen LogP contribution in [-0.2, 0) is 4.79 Å². The second kappa shape index (κ2) is 7.14. The van der Waals surface area contributed by atoms with E-state index >= 15 is 0 Å². The number of carboxylic acids is 1. The Morgan fingerprint density at radius 3 is 2.52 bits per heavy atom. The summed E-state index contributed by atoms with van der Waals surface area (Å²) in [6, 6.07) is -0.988. The van der Waals surface area contributed by atoms with Crippen LogP contribution in [0.25, 0.3) is 0 Å². The molecular formula is C16H28N2O3. The lowest BCUT2D eigenvalue weighted by Gasteiger charge is -2.41. The molecule has 2 N–H and O–H groups in total. The predicted octanol–water partition coefficient (Wildman–Crippen LogP) is 2.71. The number of hydrogen-bond acceptors (Lipinski definition) is 2. The summed E-state index contributed by atoms with van der Waals surface area (Å²) in [5.74, 6) is 0.390. The monoisotopic (exact) mass is 296 g/mol. The van der Waals surface area contributed by atoms with Crippen LogP contribution in [0.4, 0.5) is 4.79 Å². The molecule has 3 unspecified atom stereocenters. The Bertz CT molecular complexity index is 386. The van der Waals surface area contributed by atoms with Crippen LogP contribution in [0.1, 0.15) is 52.4 Å². The average Bonchev–Trinajstić information content (AvgIpc) is 2.50. The zero-order chi connectivity index (χ0) is 15.4. The first-order valence-electron chi connectivity index (χ1n) is 8.31. The van der Waals surface area contributed by atoms with Gasteiger partial charge in [-0.2, -0.15) is 0 Å². The molecule has 1 aliphatic heterocycles. The van der Waals surface area contributed by atoms with Crippen molar-refractivity contribution in [2.45, 2.75) is 58.4 Å². The minimum absolute atomic E-state index is 0.0568. The molecule has 1 aliphatic carbocycles. The van der Waals surface area contributed by atoms with Crippen molar-refractivity contribution in [3.63, 3.8) is 0 Å². The number of likely N-dealkylation sites (tertiary alicyclic amines) is 1. The Hall–Kier alpha value is -1.26. The number of urea groups is 1. The van der Waals surface area contributed by atoms with E-state index in [1.54, 1.807) is 0 Å². The highest BCUT2D eigenvalue weighted by atomic mass is 16.4. The van der Waals surface area contributed by atoms with Gasteiger partial charge in [-0.25, -0.2) is 9.59 Å². The maximum atomic E-state index is 12.4. The highest BCUT2D eigenvalue weighted by molar-refractivity contribution is 5.82. The first-order chi connectivity index (χ1) is 10.0. The van der Waals surface area contributed by atoms with Crippen LogP contribution in [0, 0.1) is 17.8 Å². The van der Waals surface area contributed by atoms with Gasteiger partial charge < -0.3 is 15.3 Å². The summed E-state index contributed by atoms with van der Waals surface area (Å²) in [4.78, 5) is 25.5. The lowest BCUT2D eigenvalue weighted by molar-refractivity contribution is -0.140. The molecule has 1 heterocycles. The third kappa shape index (κ3) is 3.89. The molecule has 0 aromatic carbocycles. The fourth-order valence-corrected chi connectivity index (χ4v) is 3.69. The van der Waals surface area contributed by atoms with Crippen molar-refractivity contribution in [3.8, 4) is 0 Å². The largest absolute Gasteiger partial charge is 0.480 e. The van der Waals surface area contributed by atoms with E-state index in [-0.39, 0.29) is 11.9 Å². The molecule has 2 amide bonds. The van der Waals surface area contributed by atoms with Gasteiger partial charge in [-0.05, 0) is 30.6 Å². The predicted molar refractivity (Wildman–Crippen MR) is 81.0 cm³/mol. The van der Waals surface area contributed by atoms with Gasteiger partial charge in [-0.1, -0.05) is 39.5 Å². The van der Waals surface area contributed by atoms with Gasteiger partial charge in [0.05, 0.1) is 0 Å². The molecule has 1 saturated heterocycles. The molecule has 0 aromatic heterocycles. The fourth-order valence-electron chi connectivity index (χ4n) is 3.69. The van der Waals surface area contributed by atoms with Crippen LogP contribution in [0.15, 0.2) is 0 Å². The van der Waals surface area contributed by atoms with Gasteiger partial charge in [0.1, 0.15) is 6.04 Å². The van der Waals surface area contributed by atoms with Gasteiger partial charge in [-0.15, -0.1) is 0 Å². The van der Waals surface area contributed by atoms with Crippen LogP contribution in [0.5, 0.6) is 0 Å². The lowest BCUT2D eigenvalue weighted by Crippen LogP contribution is -2.54. The zero-order valence-corrected chi connectivity index (χ0v) is 13.2. The summed E-state index contributed by atoms with van der Waals surface area (Å²) < 4.78 is 0. The quantitative estimate of drug-likeness (QED) is 0.838. The maximum Gasteiger partial charge on any atom is 0.326 e. The van der Waals surface area contributed by atoms with Gasteiger partial charge in [0.15, 0.2) is 0 Å². The highest BCUT2D eigenvalue weighted by Crippen LogP contribution is 2.36. The van der Waals surface area contributed by atoms with Crippen molar-refractivity contribution in [1.82, 2.24) is 10.2 Å². The Morgan fingerprint density at radius 1 is 1.24 bits per heavy atom. The van der Waals surface area contributed by atoms with E-state index in [4.69, 9.17) is 0 Å². The number of rotatable bonds is 4. The van der Waals surface area contributed by atoms with E-state index in [9.17, 15) is 14.7 Å². The summed E-state index contributed by atoms with van der Waals surface area (Å²) in [5.41, 5.74) is 0. The topological polar surface area (TPSA) is 69.6 Å². The molecule has 2 aliphatic rings. The second-order valence-corrected chi connectivity index (χ2v) is 6.69. The van der Waals surface area contributed by atoms with Gasteiger partial charge in [0.2, 0.25) is 0 Å². The van der Waals surface area contributed by atoms with E-state index in [2.05, 4.69) is 5.32 Å². The van der Waals surface area contributed by atoms with E-state index in [1.165, 1.54) is 25.7 Å². The molecule has 0 radical (unpaired) electrons. The SMILES string of the molecule is CCC(C)[C@H](NC(=O)N1CCC2CCCCC2C1)C(=O)O. The number of nitrogens with one attached hydrogen (secondary N) is 1. The molecular weight excluding hydrogens is 268 g/mol. The third-order valence-electron chi connectivity index (χ3n) is 5.34. The molecule has 0 spiro atoms. The van der Waals surface area contributed by atoms with Crippen molar-refractivity contribution in [2.24, 2.45) is 17.8 Å². The summed E-state index contributed by atoms with van der Waals surface area (Å²) in [7, 11) is 0. The van der Waals surface area contributed by atoms with Crippen LogP contribution in [-0.4, -0.2) is 41.1 Å². The second-order valence-electron chi connectivity index (χ2n) is 6.69. The third-order valence-corrected chi connectivity index (χ3v) is 5.34. The molecule has 0 aromatic rings. The van der Waals surface area contributed by atoms with E-state index in [1.807, 2.05) is 18.7 Å². The minimum atomic E-state index is -0.940. The Labute approximate surface area is 127 Å². The molecule has 4 atom stereocenters. The smallest absolute Gasteiger partial charge is 0.326 e. The van der Waals surface area contributed by atoms with Crippen LogP contribution >= 0.6 is 0 Å². The summed E-state index contributed by atoms with van der Waals surface area (Å²) in [6.07, 6.45) is 6.90. The number of carbonyl (C=O) groups excluding carboxylic acids is 1. The zero-order valence-electron chi connectivity index (χ0n) is 13.2. The van der Waals surface area contributed by atoms with Gasteiger partial charge in [0, 0.05) is 13.1 Å². The van der Waals surface area contributed by atoms with Crippen molar-refractivity contribution in [1.29, 1.82) is 0 Å². The molecule has 5 heteroatoms. The number of carbonyl (C=O) groups is 2. The van der Waals surface area contributed by atoms with Gasteiger partial charge in [-0.3, -0.25) is 0 Å². The minimum Gasteiger partial charge on any atom is -0.480 e. The molecule has 0 bridgehead atoms. The first-order valence-corrected chi connectivity index (χ1v) is 8.31. The van der Waals surface area contributed by atoms with Crippen molar-refractivity contribution in [3.05, 3.63) is 0 Å². The number of piperidine rings is 1. The van der Waals surface area contributed by atoms with Gasteiger partial charge in [0.25, 0.3) is 0 Å². The van der Waals surface area contributed by atoms with E-state index in [0.717, 1.165) is 31.8 Å². The molecule has 2 fully saturated rings. The summed E-state index contributed by atoms with van der Waals surface area (Å²) in [6.45, 7) is 5.37. The van der Waals surface area contributed by atoms with Gasteiger partial charge >= 0.3 is 12.0 Å². The Kier molecular flexibility index (Phi) is 5.48. The molecule has 2 rings (SSSR count). The Balaban J connectivity index is 1.92. The Morgan fingerprint density at radius 2 is 1.90 bits per heavy atom.